The zero-order chi connectivity index (χ0) is 21.6. The minimum Gasteiger partial charge on any atom is -0.447 e. The van der Waals surface area contributed by atoms with E-state index < -0.39 is 0 Å². The summed E-state index contributed by atoms with van der Waals surface area (Å²) < 4.78 is 4.94. The van der Waals surface area contributed by atoms with Gasteiger partial charge in [-0.1, -0.05) is 18.2 Å². The first-order chi connectivity index (χ1) is 15.1. The smallest absolute Gasteiger partial charge is 0.414 e. The molecule has 2 aliphatic rings. The lowest BCUT2D eigenvalue weighted by molar-refractivity contribution is -0.117. The fourth-order valence-corrected chi connectivity index (χ4v) is 3.85. The molecular formula is C23H26N4O4. The molecule has 162 valence electrons. The highest BCUT2D eigenvalue weighted by Crippen LogP contribution is 2.19. The topological polar surface area (TPSA) is 91.0 Å². The Bertz CT molecular complexity index is 924. The monoisotopic (exact) mass is 422 g/mol. The van der Waals surface area contributed by atoms with Gasteiger partial charge in [-0.25, -0.2) is 4.79 Å². The molecule has 2 fully saturated rings. The molecule has 2 aromatic carbocycles. The Morgan fingerprint density at radius 2 is 1.68 bits per heavy atom. The van der Waals surface area contributed by atoms with Gasteiger partial charge in [-0.05, 0) is 49.2 Å². The largest absolute Gasteiger partial charge is 0.447 e. The van der Waals surface area contributed by atoms with Crippen molar-refractivity contribution in [2.24, 2.45) is 0 Å². The van der Waals surface area contributed by atoms with E-state index in [-0.39, 0.29) is 23.9 Å². The van der Waals surface area contributed by atoms with Gasteiger partial charge in [0.25, 0.3) is 5.91 Å². The van der Waals surface area contributed by atoms with Crippen molar-refractivity contribution < 1.29 is 19.1 Å². The Morgan fingerprint density at radius 1 is 0.968 bits per heavy atom. The van der Waals surface area contributed by atoms with E-state index in [1.165, 1.54) is 0 Å². The number of amides is 3. The van der Waals surface area contributed by atoms with Crippen LogP contribution in [0.4, 0.5) is 16.2 Å². The maximum Gasteiger partial charge on any atom is 0.414 e. The number of carbonyl (C=O) groups excluding carboxylic acids is 3. The van der Waals surface area contributed by atoms with Crippen molar-refractivity contribution in [2.45, 2.75) is 18.9 Å². The van der Waals surface area contributed by atoms with Crippen LogP contribution in [0.15, 0.2) is 54.6 Å². The summed E-state index contributed by atoms with van der Waals surface area (Å²) in [5.74, 6) is -0.161. The van der Waals surface area contributed by atoms with Gasteiger partial charge >= 0.3 is 6.09 Å². The van der Waals surface area contributed by atoms with Crippen LogP contribution in [0.1, 0.15) is 23.2 Å². The van der Waals surface area contributed by atoms with Crippen LogP contribution in [0.2, 0.25) is 0 Å². The molecule has 0 bridgehead atoms. The fourth-order valence-electron chi connectivity index (χ4n) is 3.85. The van der Waals surface area contributed by atoms with E-state index in [0.29, 0.717) is 25.3 Å². The number of benzene rings is 2. The van der Waals surface area contributed by atoms with E-state index in [4.69, 9.17) is 4.74 Å². The summed E-state index contributed by atoms with van der Waals surface area (Å²) in [4.78, 5) is 40.1. The first-order valence-electron chi connectivity index (χ1n) is 10.5. The maximum atomic E-state index is 12.6. The predicted octanol–water partition coefficient (Wildman–Crippen LogP) is 2.48. The summed E-state index contributed by atoms with van der Waals surface area (Å²) in [6, 6.07) is 16.5. The lowest BCUT2D eigenvalue weighted by Gasteiger charge is -2.31. The molecule has 0 aromatic heterocycles. The zero-order valence-electron chi connectivity index (χ0n) is 17.3. The van der Waals surface area contributed by atoms with Crippen molar-refractivity contribution in [3.63, 3.8) is 0 Å². The van der Waals surface area contributed by atoms with Crippen LogP contribution in [0.25, 0.3) is 0 Å². The summed E-state index contributed by atoms with van der Waals surface area (Å²) >= 11 is 0. The van der Waals surface area contributed by atoms with Gasteiger partial charge in [0.15, 0.2) is 0 Å². The van der Waals surface area contributed by atoms with Gasteiger partial charge in [-0.2, -0.15) is 0 Å². The second kappa shape index (κ2) is 9.61. The Hall–Kier alpha value is -3.39. The summed E-state index contributed by atoms with van der Waals surface area (Å²) in [7, 11) is 0. The van der Waals surface area contributed by atoms with E-state index in [2.05, 4.69) is 15.5 Å². The average molecular weight is 422 g/mol. The van der Waals surface area contributed by atoms with Crippen molar-refractivity contribution in [1.29, 1.82) is 0 Å². The lowest BCUT2D eigenvalue weighted by Crippen LogP contribution is -2.46. The maximum absolute atomic E-state index is 12.6. The van der Waals surface area contributed by atoms with Gasteiger partial charge in [0.1, 0.15) is 6.61 Å². The fraction of sp³-hybridized carbons (Fsp3) is 0.348. The molecule has 8 heteroatoms. The quantitative estimate of drug-likeness (QED) is 0.746. The number of anilines is 2. The van der Waals surface area contributed by atoms with Crippen LogP contribution in [-0.4, -0.2) is 61.6 Å². The summed E-state index contributed by atoms with van der Waals surface area (Å²) in [5.41, 5.74) is 2.07. The van der Waals surface area contributed by atoms with Crippen LogP contribution in [-0.2, 0) is 9.53 Å². The third-order valence-electron chi connectivity index (χ3n) is 5.55. The number of cyclic esters (lactones) is 1. The van der Waals surface area contributed by atoms with Crippen molar-refractivity contribution in [3.05, 3.63) is 60.2 Å². The molecule has 2 aromatic rings. The lowest BCUT2D eigenvalue weighted by atomic mass is 10.0. The van der Waals surface area contributed by atoms with Gasteiger partial charge in [-0.3, -0.25) is 19.4 Å². The number of piperidine rings is 1. The van der Waals surface area contributed by atoms with Gasteiger partial charge in [-0.15, -0.1) is 0 Å². The summed E-state index contributed by atoms with van der Waals surface area (Å²) in [5, 5.41) is 5.97. The molecule has 0 unspecified atom stereocenters. The molecule has 31 heavy (non-hydrogen) atoms. The molecule has 0 saturated carbocycles. The number of ether oxygens (including phenoxy) is 1. The number of hydrogen-bond acceptors (Lipinski definition) is 5. The van der Waals surface area contributed by atoms with E-state index in [9.17, 15) is 14.4 Å². The van der Waals surface area contributed by atoms with E-state index in [1.54, 1.807) is 29.2 Å². The molecule has 2 heterocycles. The number of rotatable bonds is 6. The minimum atomic E-state index is -0.360. The van der Waals surface area contributed by atoms with Crippen molar-refractivity contribution in [2.75, 3.05) is 43.0 Å². The van der Waals surface area contributed by atoms with E-state index in [0.717, 1.165) is 37.3 Å². The number of carbonyl (C=O) groups is 3. The number of nitrogens with zero attached hydrogens (tertiary/aromatic N) is 2. The first kappa shape index (κ1) is 20.9. The van der Waals surface area contributed by atoms with Gasteiger partial charge in [0, 0.05) is 36.1 Å². The van der Waals surface area contributed by atoms with Crippen molar-refractivity contribution in [1.82, 2.24) is 10.2 Å². The third kappa shape index (κ3) is 5.40. The van der Waals surface area contributed by atoms with Gasteiger partial charge in [0.2, 0.25) is 5.91 Å². The van der Waals surface area contributed by atoms with Crippen LogP contribution < -0.4 is 15.5 Å². The van der Waals surface area contributed by atoms with Crippen LogP contribution >= 0.6 is 0 Å². The van der Waals surface area contributed by atoms with Crippen LogP contribution in [0, 0.1) is 0 Å². The number of hydrogen-bond donors (Lipinski definition) is 2. The highest BCUT2D eigenvalue weighted by Gasteiger charge is 2.25. The second-order valence-electron chi connectivity index (χ2n) is 7.75. The minimum absolute atomic E-state index is 0.0318. The van der Waals surface area contributed by atoms with E-state index in [1.807, 2.05) is 30.3 Å². The molecule has 8 nitrogen and oxygen atoms in total. The molecular weight excluding hydrogens is 396 g/mol. The van der Waals surface area contributed by atoms with Gasteiger partial charge < -0.3 is 15.4 Å². The first-order valence-corrected chi connectivity index (χ1v) is 10.5. The van der Waals surface area contributed by atoms with Crippen molar-refractivity contribution >= 4 is 29.3 Å². The highest BCUT2D eigenvalue weighted by molar-refractivity contribution is 5.96. The standard InChI is InChI=1S/C23H26N4O4/c28-21(24-18-4-2-1-3-5-18)16-26-12-10-19(11-13-26)25-22(29)17-6-8-20(9-7-17)27-14-15-31-23(27)30/h1-9,19H,10-16H2,(H,24,28)(H,25,29). The normalized spacial score (nSPS) is 17.3. The Kier molecular flexibility index (Phi) is 6.47. The summed E-state index contributed by atoms with van der Waals surface area (Å²) in [6.45, 7) is 2.75. The van der Waals surface area contributed by atoms with Crippen molar-refractivity contribution in [3.8, 4) is 0 Å². The average Bonchev–Trinajstić information content (AvgIpc) is 3.21. The number of likely N-dealkylation sites (tertiary alicyclic amines) is 1. The SMILES string of the molecule is O=C(CN1CCC(NC(=O)c2ccc(N3CCOC3=O)cc2)CC1)Nc1ccccc1. The predicted molar refractivity (Wildman–Crippen MR) is 117 cm³/mol. The zero-order valence-corrected chi connectivity index (χ0v) is 17.3. The molecule has 2 aliphatic heterocycles. The number of para-hydroxylation sites is 1. The summed E-state index contributed by atoms with van der Waals surface area (Å²) in [6.07, 6.45) is 1.23. The van der Waals surface area contributed by atoms with E-state index >= 15 is 0 Å². The molecule has 0 aliphatic carbocycles. The Labute approximate surface area is 181 Å². The highest BCUT2D eigenvalue weighted by atomic mass is 16.6. The number of nitrogens with one attached hydrogen (secondary N) is 2. The van der Waals surface area contributed by atoms with Crippen LogP contribution in [0.5, 0.6) is 0 Å². The van der Waals surface area contributed by atoms with Gasteiger partial charge in [0.05, 0.1) is 13.1 Å². The third-order valence-corrected chi connectivity index (χ3v) is 5.55. The molecule has 0 atom stereocenters. The molecule has 4 rings (SSSR count). The molecule has 2 saturated heterocycles. The Morgan fingerprint density at radius 3 is 2.32 bits per heavy atom. The Balaban J connectivity index is 1.22. The molecule has 0 spiro atoms. The van der Waals surface area contributed by atoms with Crippen LogP contribution in [0.3, 0.4) is 0 Å². The molecule has 0 radical (unpaired) electrons. The molecule has 3 amide bonds. The second-order valence-corrected chi connectivity index (χ2v) is 7.75. The molecule has 2 N–H and O–H groups in total.